The Morgan fingerprint density at radius 2 is 1.62 bits per heavy atom. The van der Waals surface area contributed by atoms with Crippen molar-refractivity contribution < 1.29 is 5.11 Å². The van der Waals surface area contributed by atoms with Crippen LogP contribution in [0.3, 0.4) is 0 Å². The average molecular weight is 465 g/mol. The third-order valence-corrected chi connectivity index (χ3v) is 5.74. The number of halogens is 4. The lowest BCUT2D eigenvalue weighted by atomic mass is 9.96. The van der Waals surface area contributed by atoms with Crippen LogP contribution in [-0.4, -0.2) is 15.1 Å². The summed E-state index contributed by atoms with van der Waals surface area (Å²) in [4.78, 5) is 8.58. The van der Waals surface area contributed by atoms with Crippen LogP contribution in [-0.2, 0) is 0 Å². The van der Waals surface area contributed by atoms with Crippen LogP contribution in [0.5, 0.6) is 5.75 Å². The van der Waals surface area contributed by atoms with E-state index >= 15 is 0 Å². The lowest BCUT2D eigenvalue weighted by Gasteiger charge is -2.23. The van der Waals surface area contributed by atoms with E-state index < -0.39 is 6.04 Å². The van der Waals surface area contributed by atoms with Crippen LogP contribution in [0.15, 0.2) is 60.9 Å². The van der Waals surface area contributed by atoms with Crippen LogP contribution in [0.1, 0.15) is 17.2 Å². The number of anilines is 1. The standard InChI is InChI=1S/C21H13Cl4N3O/c22-12-4-6-13(15(23)8-12)20(28-18-9-16(24)17(25)10-27-18)14-5-3-11-2-1-7-26-19(11)21(14)29/h1-10,20,29H,(H,27,28). The first kappa shape index (κ1) is 20.0. The minimum Gasteiger partial charge on any atom is -0.505 e. The van der Waals surface area contributed by atoms with Crippen molar-refractivity contribution in [3.05, 3.63) is 92.1 Å². The Morgan fingerprint density at radius 3 is 2.38 bits per heavy atom. The normalized spacial score (nSPS) is 12.1. The molecule has 4 aromatic rings. The summed E-state index contributed by atoms with van der Waals surface area (Å²) in [6.45, 7) is 0. The zero-order valence-corrected chi connectivity index (χ0v) is 17.7. The third kappa shape index (κ3) is 4.07. The van der Waals surface area contributed by atoms with Crippen LogP contribution in [0.25, 0.3) is 10.9 Å². The quantitative estimate of drug-likeness (QED) is 0.336. The van der Waals surface area contributed by atoms with Crippen LogP contribution >= 0.6 is 46.4 Å². The van der Waals surface area contributed by atoms with Gasteiger partial charge in [-0.05, 0) is 23.8 Å². The SMILES string of the molecule is Oc1c(C(Nc2cc(Cl)c(Cl)cn2)c2ccc(Cl)cc2Cl)ccc2cccnc12. The fourth-order valence-electron chi connectivity index (χ4n) is 3.08. The number of pyridine rings is 2. The van der Waals surface area contributed by atoms with Crippen molar-refractivity contribution in [2.75, 3.05) is 5.32 Å². The van der Waals surface area contributed by atoms with Crippen LogP contribution < -0.4 is 5.32 Å². The third-order valence-electron chi connectivity index (χ3n) is 4.46. The molecule has 1 atom stereocenters. The summed E-state index contributed by atoms with van der Waals surface area (Å²) in [5, 5.41) is 16.7. The number of rotatable bonds is 4. The van der Waals surface area contributed by atoms with Crippen molar-refractivity contribution in [1.82, 2.24) is 9.97 Å². The molecule has 29 heavy (non-hydrogen) atoms. The van der Waals surface area contributed by atoms with E-state index in [1.54, 1.807) is 30.5 Å². The van der Waals surface area contributed by atoms with E-state index in [0.29, 0.717) is 42.6 Å². The fourth-order valence-corrected chi connectivity index (χ4v) is 3.85. The first-order chi connectivity index (χ1) is 13.9. The van der Waals surface area contributed by atoms with E-state index in [-0.39, 0.29) is 5.75 Å². The number of phenols is 1. The molecule has 0 aliphatic carbocycles. The molecule has 0 bridgehead atoms. The van der Waals surface area contributed by atoms with Crippen LogP contribution in [0.2, 0.25) is 20.1 Å². The second-order valence-corrected chi connectivity index (χ2v) is 7.96. The summed E-state index contributed by atoms with van der Waals surface area (Å²) in [7, 11) is 0. The van der Waals surface area contributed by atoms with E-state index in [4.69, 9.17) is 46.4 Å². The lowest BCUT2D eigenvalue weighted by molar-refractivity contribution is 0.471. The van der Waals surface area contributed by atoms with E-state index in [0.717, 1.165) is 5.39 Å². The van der Waals surface area contributed by atoms with Gasteiger partial charge in [-0.3, -0.25) is 4.98 Å². The zero-order chi connectivity index (χ0) is 20.5. The van der Waals surface area contributed by atoms with Gasteiger partial charge in [0.05, 0.1) is 16.1 Å². The maximum Gasteiger partial charge on any atom is 0.147 e. The summed E-state index contributed by atoms with van der Waals surface area (Å²) in [6.07, 6.45) is 3.08. The van der Waals surface area contributed by atoms with Gasteiger partial charge in [0.25, 0.3) is 0 Å². The molecule has 146 valence electrons. The highest BCUT2D eigenvalue weighted by molar-refractivity contribution is 6.42. The Morgan fingerprint density at radius 1 is 0.828 bits per heavy atom. The molecular formula is C21H13Cl4N3O. The molecule has 2 aromatic heterocycles. The monoisotopic (exact) mass is 463 g/mol. The van der Waals surface area contributed by atoms with Gasteiger partial charge in [-0.2, -0.15) is 0 Å². The van der Waals surface area contributed by atoms with Crippen molar-refractivity contribution >= 4 is 63.1 Å². The highest BCUT2D eigenvalue weighted by atomic mass is 35.5. The molecule has 0 saturated carbocycles. The molecule has 8 heteroatoms. The average Bonchev–Trinajstić information content (AvgIpc) is 2.70. The predicted octanol–water partition coefficient (Wildman–Crippen LogP) is 7.15. The Balaban J connectivity index is 1.88. The maximum absolute atomic E-state index is 11.0. The molecule has 0 fully saturated rings. The Bertz CT molecular complexity index is 1220. The van der Waals surface area contributed by atoms with Gasteiger partial charge in [0.2, 0.25) is 0 Å². The maximum atomic E-state index is 11.0. The number of phenolic OH excluding ortho intramolecular Hbond substituents is 1. The number of hydrogen-bond donors (Lipinski definition) is 2. The number of aromatic hydroxyl groups is 1. The number of nitrogens with one attached hydrogen (secondary N) is 1. The molecule has 0 radical (unpaired) electrons. The minimum absolute atomic E-state index is 0.0478. The van der Waals surface area contributed by atoms with Gasteiger partial charge in [0.1, 0.15) is 17.1 Å². The highest BCUT2D eigenvalue weighted by Crippen LogP contribution is 2.39. The topological polar surface area (TPSA) is 58.0 Å². The van der Waals surface area contributed by atoms with Crippen LogP contribution in [0.4, 0.5) is 5.82 Å². The number of nitrogens with zero attached hydrogens (tertiary/aromatic N) is 2. The lowest BCUT2D eigenvalue weighted by Crippen LogP contribution is -2.14. The van der Waals surface area contributed by atoms with Crippen molar-refractivity contribution in [2.45, 2.75) is 6.04 Å². The van der Waals surface area contributed by atoms with Crippen molar-refractivity contribution in [3.63, 3.8) is 0 Å². The number of benzene rings is 2. The molecule has 2 heterocycles. The second kappa shape index (κ2) is 8.25. The van der Waals surface area contributed by atoms with Crippen molar-refractivity contribution in [3.8, 4) is 5.75 Å². The van der Waals surface area contributed by atoms with Crippen molar-refractivity contribution in [2.24, 2.45) is 0 Å². The number of hydrogen-bond acceptors (Lipinski definition) is 4. The Labute approximate surface area is 187 Å². The summed E-state index contributed by atoms with van der Waals surface area (Å²) in [5.74, 6) is 0.516. The summed E-state index contributed by atoms with van der Waals surface area (Å²) >= 11 is 24.7. The fraction of sp³-hybridized carbons (Fsp3) is 0.0476. The molecule has 0 amide bonds. The van der Waals surface area contributed by atoms with Gasteiger partial charge in [-0.1, -0.05) is 70.7 Å². The summed E-state index contributed by atoms with van der Waals surface area (Å²) in [6, 6.07) is 13.6. The van der Waals surface area contributed by atoms with Gasteiger partial charge in [0, 0.05) is 39.5 Å². The zero-order valence-electron chi connectivity index (χ0n) is 14.7. The van der Waals surface area contributed by atoms with E-state index in [2.05, 4.69) is 15.3 Å². The molecule has 2 aromatic carbocycles. The molecule has 4 nitrogen and oxygen atoms in total. The Hall–Kier alpha value is -2.24. The molecule has 4 rings (SSSR count). The molecule has 1 unspecified atom stereocenters. The summed E-state index contributed by atoms with van der Waals surface area (Å²) < 4.78 is 0. The van der Waals surface area contributed by atoms with E-state index in [1.807, 2.05) is 24.3 Å². The van der Waals surface area contributed by atoms with Crippen LogP contribution in [0, 0.1) is 0 Å². The Kier molecular flexibility index (Phi) is 5.70. The van der Waals surface area contributed by atoms with E-state index in [1.165, 1.54) is 6.20 Å². The minimum atomic E-state index is -0.545. The molecule has 0 aliphatic rings. The van der Waals surface area contributed by atoms with Crippen molar-refractivity contribution in [1.29, 1.82) is 0 Å². The molecular weight excluding hydrogens is 452 g/mol. The second-order valence-electron chi connectivity index (χ2n) is 6.31. The van der Waals surface area contributed by atoms with Gasteiger partial charge in [-0.15, -0.1) is 0 Å². The smallest absolute Gasteiger partial charge is 0.147 e. The van der Waals surface area contributed by atoms with Gasteiger partial charge in [-0.25, -0.2) is 4.98 Å². The molecule has 0 saturated heterocycles. The first-order valence-electron chi connectivity index (χ1n) is 8.53. The molecule has 2 N–H and O–H groups in total. The highest BCUT2D eigenvalue weighted by Gasteiger charge is 2.23. The van der Waals surface area contributed by atoms with E-state index in [9.17, 15) is 5.11 Å². The molecule has 0 spiro atoms. The number of fused-ring (bicyclic) bond motifs is 1. The number of aromatic nitrogens is 2. The predicted molar refractivity (Wildman–Crippen MR) is 120 cm³/mol. The largest absolute Gasteiger partial charge is 0.505 e. The molecule has 0 aliphatic heterocycles. The first-order valence-corrected chi connectivity index (χ1v) is 10.0. The van der Waals surface area contributed by atoms with Gasteiger partial charge in [0.15, 0.2) is 0 Å². The summed E-state index contributed by atoms with van der Waals surface area (Å²) in [5.41, 5.74) is 1.77. The van der Waals surface area contributed by atoms with Gasteiger partial charge < -0.3 is 10.4 Å². The van der Waals surface area contributed by atoms with Gasteiger partial charge >= 0.3 is 0 Å².